The molecule has 34 heavy (non-hydrogen) atoms. The molecule has 0 fully saturated rings. The number of benzene rings is 2. The molecule has 0 N–H and O–H groups in total. The highest BCUT2D eigenvalue weighted by atomic mass is 32.2. The van der Waals surface area contributed by atoms with E-state index in [1.807, 2.05) is 0 Å². The molecule has 0 saturated heterocycles. The molecular formula is C24H28O9S. The van der Waals surface area contributed by atoms with E-state index < -0.39 is 29.2 Å². The van der Waals surface area contributed by atoms with E-state index in [1.54, 1.807) is 36.4 Å². The first kappa shape index (κ1) is 26.9. The number of hydrogen-bond donors (Lipinski definition) is 0. The van der Waals surface area contributed by atoms with Crippen LogP contribution in [-0.2, 0) is 31.3 Å². The number of carbonyl (C=O) groups excluding carboxylic acids is 2. The SMILES string of the molecule is COc1cc(OC)c(C=C[S+]([O-])Cc2ccc(OC)c(OC(=O)C(C)OC(C)=O)c2)c(OC)c1. The molecule has 0 spiro atoms. The Balaban J connectivity index is 2.20. The molecule has 0 aliphatic carbocycles. The summed E-state index contributed by atoms with van der Waals surface area (Å²) in [6.45, 7) is 2.60. The van der Waals surface area contributed by atoms with Gasteiger partial charge in [0.15, 0.2) is 17.6 Å². The molecule has 0 saturated carbocycles. The largest absolute Gasteiger partial charge is 0.612 e. The summed E-state index contributed by atoms with van der Waals surface area (Å²) in [5.74, 6) is 0.795. The van der Waals surface area contributed by atoms with Gasteiger partial charge in [-0.3, -0.25) is 4.79 Å². The zero-order chi connectivity index (χ0) is 25.3. The Morgan fingerprint density at radius 1 is 0.941 bits per heavy atom. The first-order valence-corrected chi connectivity index (χ1v) is 11.5. The van der Waals surface area contributed by atoms with Crippen LogP contribution in [0.1, 0.15) is 25.0 Å². The molecule has 0 aliphatic rings. The lowest BCUT2D eigenvalue weighted by Gasteiger charge is -2.15. The van der Waals surface area contributed by atoms with Crippen molar-refractivity contribution in [3.8, 4) is 28.7 Å². The van der Waals surface area contributed by atoms with Crippen LogP contribution in [0.15, 0.2) is 35.7 Å². The van der Waals surface area contributed by atoms with Gasteiger partial charge in [-0.05, 0) is 30.2 Å². The van der Waals surface area contributed by atoms with Crippen molar-refractivity contribution >= 4 is 29.2 Å². The number of carbonyl (C=O) groups is 2. The van der Waals surface area contributed by atoms with Gasteiger partial charge in [-0.1, -0.05) is 6.07 Å². The monoisotopic (exact) mass is 492 g/mol. The summed E-state index contributed by atoms with van der Waals surface area (Å²) in [5.41, 5.74) is 1.25. The predicted octanol–water partition coefficient (Wildman–Crippen LogP) is 3.50. The van der Waals surface area contributed by atoms with Gasteiger partial charge in [-0.15, -0.1) is 0 Å². The molecule has 184 valence electrons. The van der Waals surface area contributed by atoms with Crippen LogP contribution in [0.3, 0.4) is 0 Å². The van der Waals surface area contributed by atoms with Gasteiger partial charge in [0, 0.05) is 30.7 Å². The fraction of sp³-hybridized carbons (Fsp3) is 0.333. The Hall–Kier alpha value is -3.37. The number of esters is 2. The average molecular weight is 493 g/mol. The van der Waals surface area contributed by atoms with Crippen molar-refractivity contribution in [3.63, 3.8) is 0 Å². The molecule has 10 heteroatoms. The Bertz CT molecular complexity index is 1010. The molecule has 2 atom stereocenters. The zero-order valence-corrected chi connectivity index (χ0v) is 20.7. The van der Waals surface area contributed by atoms with Crippen molar-refractivity contribution in [2.75, 3.05) is 28.4 Å². The minimum absolute atomic E-state index is 0.128. The van der Waals surface area contributed by atoms with Crippen LogP contribution < -0.4 is 23.7 Å². The Labute approximate surface area is 201 Å². The third kappa shape index (κ3) is 7.32. The molecule has 0 heterocycles. The summed E-state index contributed by atoms with van der Waals surface area (Å²) >= 11 is -1.42. The van der Waals surface area contributed by atoms with E-state index in [4.69, 9.17) is 28.4 Å². The van der Waals surface area contributed by atoms with Gasteiger partial charge in [0.2, 0.25) is 0 Å². The van der Waals surface area contributed by atoms with E-state index in [1.165, 1.54) is 47.7 Å². The van der Waals surface area contributed by atoms with Crippen LogP contribution >= 0.6 is 0 Å². The number of ether oxygens (including phenoxy) is 6. The summed E-state index contributed by atoms with van der Waals surface area (Å²) in [6, 6.07) is 8.27. The fourth-order valence-corrected chi connectivity index (χ4v) is 3.82. The maximum absolute atomic E-state index is 12.7. The molecule has 2 aromatic rings. The first-order valence-electron chi connectivity index (χ1n) is 10.1. The summed E-state index contributed by atoms with van der Waals surface area (Å²) in [6.07, 6.45) is 0.565. The lowest BCUT2D eigenvalue weighted by Crippen LogP contribution is -2.27. The normalized spacial score (nSPS) is 12.6. The molecule has 0 aliphatic heterocycles. The van der Waals surface area contributed by atoms with Gasteiger partial charge in [0.05, 0.1) is 34.0 Å². The van der Waals surface area contributed by atoms with Gasteiger partial charge < -0.3 is 33.0 Å². The van der Waals surface area contributed by atoms with E-state index in [0.717, 1.165) is 0 Å². The number of methoxy groups -OCH3 is 4. The Morgan fingerprint density at radius 2 is 1.56 bits per heavy atom. The van der Waals surface area contributed by atoms with E-state index in [0.29, 0.717) is 34.1 Å². The van der Waals surface area contributed by atoms with Gasteiger partial charge >= 0.3 is 11.9 Å². The third-order valence-electron chi connectivity index (χ3n) is 4.56. The maximum Gasteiger partial charge on any atom is 0.352 e. The molecule has 0 radical (unpaired) electrons. The van der Waals surface area contributed by atoms with Crippen LogP contribution in [0.5, 0.6) is 28.7 Å². The standard InChI is InChI=1S/C24H28O9S/c1-15(32-16(2)25)24(26)33-23-11-17(7-8-20(23)29-4)14-34(27)10-9-19-21(30-5)12-18(28-3)13-22(19)31-6/h7-13,15H,14H2,1-6H3. The quantitative estimate of drug-likeness (QED) is 0.264. The second-order valence-electron chi connectivity index (χ2n) is 6.93. The van der Waals surface area contributed by atoms with Gasteiger partial charge in [0.25, 0.3) is 0 Å². The summed E-state index contributed by atoms with van der Waals surface area (Å²) in [5, 5.41) is 1.52. The van der Waals surface area contributed by atoms with Crippen molar-refractivity contribution < 1.29 is 42.6 Å². The Morgan fingerprint density at radius 3 is 2.09 bits per heavy atom. The van der Waals surface area contributed by atoms with Crippen LogP contribution in [0.25, 0.3) is 6.08 Å². The third-order valence-corrected chi connectivity index (χ3v) is 5.62. The Kier molecular flexibility index (Phi) is 10.1. The van der Waals surface area contributed by atoms with E-state index >= 15 is 0 Å². The van der Waals surface area contributed by atoms with Gasteiger partial charge in [-0.25, -0.2) is 4.79 Å². The molecule has 0 bridgehead atoms. The van der Waals surface area contributed by atoms with Crippen molar-refractivity contribution in [3.05, 3.63) is 46.9 Å². The second-order valence-corrected chi connectivity index (χ2v) is 8.25. The summed E-state index contributed by atoms with van der Waals surface area (Å²) in [4.78, 5) is 23.3. The maximum atomic E-state index is 12.7. The molecule has 2 aromatic carbocycles. The molecule has 0 amide bonds. The van der Waals surface area contributed by atoms with E-state index in [2.05, 4.69) is 0 Å². The van der Waals surface area contributed by atoms with Gasteiger partial charge in [-0.2, -0.15) is 0 Å². The molecule has 2 unspecified atom stereocenters. The lowest BCUT2D eigenvalue weighted by molar-refractivity contribution is -0.159. The predicted molar refractivity (Wildman–Crippen MR) is 127 cm³/mol. The molecular weight excluding hydrogens is 464 g/mol. The summed E-state index contributed by atoms with van der Waals surface area (Å²) < 4.78 is 44.2. The highest BCUT2D eigenvalue weighted by Gasteiger charge is 2.21. The lowest BCUT2D eigenvalue weighted by atomic mass is 10.1. The minimum Gasteiger partial charge on any atom is -0.612 e. The topological polar surface area (TPSA) is 113 Å². The molecule has 0 aromatic heterocycles. The van der Waals surface area contributed by atoms with Crippen molar-refractivity contribution in [1.29, 1.82) is 0 Å². The smallest absolute Gasteiger partial charge is 0.352 e. The van der Waals surface area contributed by atoms with Crippen LogP contribution in [-0.4, -0.2) is 51.0 Å². The van der Waals surface area contributed by atoms with Gasteiger partial charge in [0.1, 0.15) is 28.4 Å². The zero-order valence-electron chi connectivity index (χ0n) is 19.9. The average Bonchev–Trinajstić information content (AvgIpc) is 2.81. The first-order chi connectivity index (χ1) is 16.2. The highest BCUT2D eigenvalue weighted by molar-refractivity contribution is 7.93. The second kappa shape index (κ2) is 12.8. The van der Waals surface area contributed by atoms with Crippen LogP contribution in [0, 0.1) is 0 Å². The van der Waals surface area contributed by atoms with E-state index in [9.17, 15) is 14.1 Å². The van der Waals surface area contributed by atoms with Crippen molar-refractivity contribution in [1.82, 2.24) is 0 Å². The van der Waals surface area contributed by atoms with Crippen LogP contribution in [0.4, 0.5) is 0 Å². The molecule has 9 nitrogen and oxygen atoms in total. The van der Waals surface area contributed by atoms with E-state index in [-0.39, 0.29) is 11.5 Å². The number of hydrogen-bond acceptors (Lipinski definition) is 9. The van der Waals surface area contributed by atoms with Crippen molar-refractivity contribution in [2.45, 2.75) is 25.7 Å². The highest BCUT2D eigenvalue weighted by Crippen LogP contribution is 2.35. The molecule has 2 rings (SSSR count). The van der Waals surface area contributed by atoms with Crippen LogP contribution in [0.2, 0.25) is 0 Å². The number of rotatable bonds is 11. The summed E-state index contributed by atoms with van der Waals surface area (Å²) in [7, 11) is 6.00. The minimum atomic E-state index is -1.42. The van der Waals surface area contributed by atoms with Crippen molar-refractivity contribution in [2.24, 2.45) is 0 Å². The fourth-order valence-electron chi connectivity index (χ4n) is 2.93.